The number of hydrogen-bond donors (Lipinski definition) is 2. The van der Waals surface area contributed by atoms with E-state index in [-0.39, 0.29) is 48.5 Å². The number of carbonyl (C=O) groups excluding carboxylic acids is 4. The Morgan fingerprint density at radius 3 is 2.39 bits per heavy atom. The van der Waals surface area contributed by atoms with E-state index in [0.717, 1.165) is 5.01 Å². The average molecular weight is 855 g/mol. The number of phenolic OH excluding ortho intramolecular Hbond substituents is 1. The molecule has 1 saturated carbocycles. The summed E-state index contributed by atoms with van der Waals surface area (Å²) in [7, 11) is 1.37. The number of phenols is 1. The highest BCUT2D eigenvalue weighted by atomic mass is 127. The van der Waals surface area contributed by atoms with E-state index in [4.69, 9.17) is 27.9 Å². The van der Waals surface area contributed by atoms with Crippen LogP contribution in [-0.2, 0) is 30.8 Å². The molecule has 10 nitrogen and oxygen atoms in total. The summed E-state index contributed by atoms with van der Waals surface area (Å²) in [6.07, 6.45) is -2.12. The number of likely N-dealkylation sites (tertiary alicyclic amines) is 1. The third-order valence-corrected chi connectivity index (χ3v) is 11.9. The van der Waals surface area contributed by atoms with Gasteiger partial charge in [0.25, 0.3) is 11.8 Å². The van der Waals surface area contributed by atoms with Gasteiger partial charge < -0.3 is 9.84 Å². The minimum absolute atomic E-state index is 0.00800. The SMILES string of the molecule is CCN1C(=O)[C@H]2[C@H](CC=C3[C@H]2C[C@H]2C(=O)N(Nc4ncc(C(F)(F)F)cc4Cl)C(=O)[C@@]2(c2ccc(Cl)cc2)[C@H]3c2cc(I)c(O)c(OC)c2)C1=O. The number of carbonyl (C=O) groups is 4. The van der Waals surface area contributed by atoms with E-state index < -0.39 is 63.6 Å². The first kappa shape index (κ1) is 35.5. The molecule has 6 atom stereocenters. The molecule has 1 aromatic heterocycles. The normalized spacial score (nSPS) is 27.3. The maximum atomic E-state index is 15.2. The van der Waals surface area contributed by atoms with Gasteiger partial charge in [-0.3, -0.25) is 29.5 Å². The smallest absolute Gasteiger partial charge is 0.417 e. The predicted molar refractivity (Wildman–Crippen MR) is 187 cm³/mol. The van der Waals surface area contributed by atoms with Crippen LogP contribution in [0.15, 0.2) is 60.3 Å². The fourth-order valence-electron chi connectivity index (χ4n) is 8.45. The molecule has 2 aliphatic heterocycles. The molecule has 0 radical (unpaired) electrons. The first-order valence-electron chi connectivity index (χ1n) is 15.9. The number of benzene rings is 2. The number of methoxy groups -OCH3 is 1. The highest BCUT2D eigenvalue weighted by Gasteiger charge is 2.70. The van der Waals surface area contributed by atoms with E-state index in [1.807, 2.05) is 28.7 Å². The minimum Gasteiger partial charge on any atom is -0.504 e. The van der Waals surface area contributed by atoms with Crippen molar-refractivity contribution in [3.63, 3.8) is 0 Å². The molecule has 0 unspecified atom stereocenters. The van der Waals surface area contributed by atoms with E-state index in [9.17, 15) is 32.7 Å². The number of amides is 4. The zero-order valence-electron chi connectivity index (χ0n) is 26.8. The van der Waals surface area contributed by atoms with Gasteiger partial charge in [-0.15, -0.1) is 0 Å². The molecule has 3 fully saturated rings. The van der Waals surface area contributed by atoms with Crippen LogP contribution in [-0.4, -0.2) is 57.3 Å². The summed E-state index contributed by atoms with van der Waals surface area (Å²) in [6, 6.07) is 10.3. The highest BCUT2D eigenvalue weighted by Crippen LogP contribution is 2.64. The Labute approximate surface area is 313 Å². The first-order chi connectivity index (χ1) is 24.1. The Bertz CT molecular complexity index is 2050. The molecule has 3 heterocycles. The number of alkyl halides is 3. The van der Waals surface area contributed by atoms with Crippen LogP contribution >= 0.6 is 45.8 Å². The van der Waals surface area contributed by atoms with Gasteiger partial charge in [0.15, 0.2) is 17.3 Å². The molecular formula is C35H28Cl2F3IN4O6. The van der Waals surface area contributed by atoms with Gasteiger partial charge in [-0.2, -0.15) is 18.2 Å². The van der Waals surface area contributed by atoms with Crippen LogP contribution in [0.2, 0.25) is 10.0 Å². The Kier molecular flexibility index (Phi) is 8.81. The van der Waals surface area contributed by atoms with Gasteiger partial charge in [-0.05, 0) is 89.7 Å². The Balaban J connectivity index is 1.47. The summed E-state index contributed by atoms with van der Waals surface area (Å²) in [5, 5.41) is 11.4. The summed E-state index contributed by atoms with van der Waals surface area (Å²) >= 11 is 14.5. The van der Waals surface area contributed by atoms with Gasteiger partial charge in [0, 0.05) is 23.7 Å². The highest BCUT2D eigenvalue weighted by molar-refractivity contribution is 14.1. The van der Waals surface area contributed by atoms with Crippen molar-refractivity contribution in [3.05, 3.63) is 90.6 Å². The number of aromatic hydroxyl groups is 1. The van der Waals surface area contributed by atoms with Crippen LogP contribution in [0.3, 0.4) is 0 Å². The molecule has 2 aliphatic carbocycles. The summed E-state index contributed by atoms with van der Waals surface area (Å²) in [4.78, 5) is 62.2. The van der Waals surface area contributed by atoms with E-state index in [1.54, 1.807) is 43.3 Å². The van der Waals surface area contributed by atoms with Crippen molar-refractivity contribution in [2.24, 2.45) is 23.7 Å². The zero-order valence-corrected chi connectivity index (χ0v) is 30.5. The lowest BCUT2D eigenvalue weighted by molar-refractivity contribution is -0.141. The van der Waals surface area contributed by atoms with E-state index in [1.165, 1.54) is 12.0 Å². The van der Waals surface area contributed by atoms with E-state index in [0.29, 0.717) is 37.6 Å². The third kappa shape index (κ3) is 5.30. The van der Waals surface area contributed by atoms with Crippen molar-refractivity contribution in [2.75, 3.05) is 19.1 Å². The number of rotatable bonds is 6. The number of imide groups is 2. The third-order valence-electron chi connectivity index (χ3n) is 10.6. The zero-order chi connectivity index (χ0) is 36.7. The summed E-state index contributed by atoms with van der Waals surface area (Å²) in [5.74, 6) is -6.74. The van der Waals surface area contributed by atoms with E-state index >= 15 is 4.79 Å². The van der Waals surface area contributed by atoms with Crippen LogP contribution in [0.1, 0.15) is 42.4 Å². The number of aromatic nitrogens is 1. The van der Waals surface area contributed by atoms with Crippen LogP contribution in [0.5, 0.6) is 11.5 Å². The molecule has 2 saturated heterocycles. The molecule has 0 spiro atoms. The lowest BCUT2D eigenvalue weighted by atomic mass is 9.49. The fourth-order valence-corrected chi connectivity index (χ4v) is 9.41. The fraction of sp³-hybridized carbons (Fsp3) is 0.343. The number of nitrogens with one attached hydrogen (secondary N) is 1. The molecule has 2 N–H and O–H groups in total. The number of nitrogens with zero attached hydrogens (tertiary/aromatic N) is 3. The number of allylic oxidation sites excluding steroid dienone is 2. The second kappa shape index (κ2) is 12.7. The first-order valence-corrected chi connectivity index (χ1v) is 17.7. The van der Waals surface area contributed by atoms with Gasteiger partial charge >= 0.3 is 6.18 Å². The Morgan fingerprint density at radius 2 is 1.76 bits per heavy atom. The van der Waals surface area contributed by atoms with Crippen molar-refractivity contribution in [1.29, 1.82) is 0 Å². The summed E-state index contributed by atoms with van der Waals surface area (Å²) in [6.45, 7) is 1.89. The molecule has 16 heteroatoms. The number of halogens is 6. The molecule has 51 heavy (non-hydrogen) atoms. The van der Waals surface area contributed by atoms with Crippen molar-refractivity contribution in [3.8, 4) is 11.5 Å². The molecule has 7 rings (SSSR count). The molecule has 2 aromatic carbocycles. The van der Waals surface area contributed by atoms with Crippen molar-refractivity contribution in [1.82, 2.24) is 14.9 Å². The standard InChI is InChI=1S/C35H28Cl2F3IN4O6/c1-3-44-30(47)20-9-8-19-21(26(20)32(44)49)13-22-31(48)45(43-29-23(37)12-17(14-42-29)35(38,39)40)33(50)34(22,16-4-6-18(36)7-5-16)27(19)15-10-24(41)28(46)25(11-15)51-2/h4-8,10-12,14,20-22,26-27,46H,3,9,13H2,1-2H3,(H,42,43)/t20-,21+,22-,26-,27-,34+/m0/s1. The number of fused-ring (bicyclic) bond motifs is 4. The average Bonchev–Trinajstić information content (AvgIpc) is 3.46. The lowest BCUT2D eigenvalue weighted by Crippen LogP contribution is -2.53. The number of hydrazine groups is 1. The molecule has 266 valence electrons. The molecular weight excluding hydrogens is 827 g/mol. The van der Waals surface area contributed by atoms with Crippen LogP contribution in [0, 0.1) is 27.2 Å². The molecule has 0 bridgehead atoms. The Hall–Kier alpha value is -3.89. The number of anilines is 1. The monoisotopic (exact) mass is 854 g/mol. The van der Waals surface area contributed by atoms with Gasteiger partial charge in [-0.25, -0.2) is 4.98 Å². The van der Waals surface area contributed by atoms with Gasteiger partial charge in [0.1, 0.15) is 0 Å². The van der Waals surface area contributed by atoms with Gasteiger partial charge in [-0.1, -0.05) is 47.0 Å². The molecule has 4 aliphatic rings. The second-order valence-corrected chi connectivity index (χ2v) is 14.9. The molecule has 3 aromatic rings. The summed E-state index contributed by atoms with van der Waals surface area (Å²) < 4.78 is 46.2. The summed E-state index contributed by atoms with van der Waals surface area (Å²) in [5.41, 5.74) is 1.32. The van der Waals surface area contributed by atoms with Crippen LogP contribution < -0.4 is 10.2 Å². The van der Waals surface area contributed by atoms with Crippen molar-refractivity contribution >= 4 is 75.2 Å². The number of pyridine rings is 1. The van der Waals surface area contributed by atoms with Gasteiger partial charge in [0.05, 0.1) is 44.4 Å². The van der Waals surface area contributed by atoms with Crippen molar-refractivity contribution < 1.29 is 42.2 Å². The maximum Gasteiger partial charge on any atom is 0.417 e. The number of ether oxygens (including phenoxy) is 1. The van der Waals surface area contributed by atoms with Crippen LogP contribution in [0.4, 0.5) is 19.0 Å². The second-order valence-electron chi connectivity index (χ2n) is 12.9. The quantitative estimate of drug-likeness (QED) is 0.159. The van der Waals surface area contributed by atoms with Gasteiger partial charge in [0.2, 0.25) is 11.8 Å². The molecule has 4 amide bonds. The van der Waals surface area contributed by atoms with E-state index in [2.05, 4.69) is 10.4 Å². The number of hydrogen-bond acceptors (Lipinski definition) is 8. The lowest BCUT2D eigenvalue weighted by Gasteiger charge is -2.50. The largest absolute Gasteiger partial charge is 0.504 e. The topological polar surface area (TPSA) is 129 Å². The van der Waals surface area contributed by atoms with Crippen molar-refractivity contribution in [2.45, 2.75) is 37.3 Å². The Morgan fingerprint density at radius 1 is 1.06 bits per heavy atom. The maximum absolute atomic E-state index is 15.2. The minimum atomic E-state index is -4.74. The van der Waals surface area contributed by atoms with Crippen LogP contribution in [0.25, 0.3) is 0 Å². The predicted octanol–water partition coefficient (Wildman–Crippen LogP) is 6.73.